The van der Waals surface area contributed by atoms with Crippen LogP contribution in [0.2, 0.25) is 0 Å². The number of rotatable bonds is 5. The summed E-state index contributed by atoms with van der Waals surface area (Å²) >= 11 is 0. The highest BCUT2D eigenvalue weighted by Gasteiger charge is 2.17. The van der Waals surface area contributed by atoms with Crippen molar-refractivity contribution in [1.29, 1.82) is 0 Å². The average Bonchev–Trinajstić information content (AvgIpc) is 3.12. The van der Waals surface area contributed by atoms with Gasteiger partial charge in [0.25, 0.3) is 0 Å². The molecule has 5 nitrogen and oxygen atoms in total. The van der Waals surface area contributed by atoms with Gasteiger partial charge in [-0.15, -0.1) is 0 Å². The lowest BCUT2D eigenvalue weighted by atomic mass is 10.0. The van der Waals surface area contributed by atoms with E-state index in [0.29, 0.717) is 12.1 Å². The van der Waals surface area contributed by atoms with Crippen molar-refractivity contribution in [3.8, 4) is 11.1 Å². The number of hydrogen-bond acceptors (Lipinski definition) is 3. The molecule has 5 aromatic rings. The number of aromatic nitrogens is 1. The predicted octanol–water partition coefficient (Wildman–Crippen LogP) is 5.01. The highest BCUT2D eigenvalue weighted by atomic mass is 32.2. The van der Waals surface area contributed by atoms with E-state index in [0.717, 1.165) is 38.5 Å². The van der Waals surface area contributed by atoms with E-state index < -0.39 is 15.7 Å². The van der Waals surface area contributed by atoms with Crippen LogP contribution >= 0.6 is 0 Å². The maximum Gasteiger partial charge on any atom is 0.249 e. The van der Waals surface area contributed by atoms with Gasteiger partial charge in [-0.2, -0.15) is 0 Å². The van der Waals surface area contributed by atoms with Gasteiger partial charge in [-0.05, 0) is 47.0 Å². The Morgan fingerprint density at radius 3 is 2.21 bits per heavy atom. The van der Waals surface area contributed by atoms with Crippen molar-refractivity contribution in [2.45, 2.75) is 11.4 Å². The lowest BCUT2D eigenvalue weighted by molar-refractivity contribution is 0.100. The standard InChI is InChI=1S/C27H22N2O3S/c1-33(31,32)21-13-10-18(11-14-21)17-29-24-9-5-8-23(27(28)30)26(24)22-15-12-20(16-25(22)29)19-6-3-2-4-7-19/h2-16H,17H2,1H3,(H2,28,30). The van der Waals surface area contributed by atoms with Gasteiger partial charge in [0.15, 0.2) is 9.84 Å². The summed E-state index contributed by atoms with van der Waals surface area (Å²) in [7, 11) is -3.26. The fourth-order valence-corrected chi connectivity index (χ4v) is 4.99. The first kappa shape index (κ1) is 21.0. The zero-order valence-electron chi connectivity index (χ0n) is 18.0. The summed E-state index contributed by atoms with van der Waals surface area (Å²) in [6.45, 7) is 0.518. The molecule has 6 heteroatoms. The first-order valence-electron chi connectivity index (χ1n) is 10.5. The van der Waals surface area contributed by atoms with Crippen LogP contribution in [0.15, 0.2) is 95.9 Å². The predicted molar refractivity (Wildman–Crippen MR) is 132 cm³/mol. The Balaban J connectivity index is 1.74. The molecule has 0 unspecified atom stereocenters. The smallest absolute Gasteiger partial charge is 0.249 e. The van der Waals surface area contributed by atoms with Crippen LogP contribution in [-0.4, -0.2) is 25.1 Å². The Morgan fingerprint density at radius 1 is 0.818 bits per heavy atom. The molecule has 164 valence electrons. The number of sulfone groups is 1. The topological polar surface area (TPSA) is 82.2 Å². The van der Waals surface area contributed by atoms with Gasteiger partial charge in [0.1, 0.15) is 0 Å². The van der Waals surface area contributed by atoms with Crippen LogP contribution in [0.1, 0.15) is 15.9 Å². The second-order valence-electron chi connectivity index (χ2n) is 8.16. The summed E-state index contributed by atoms with van der Waals surface area (Å²) in [6, 6.07) is 28.8. The fraction of sp³-hybridized carbons (Fsp3) is 0.0741. The van der Waals surface area contributed by atoms with E-state index in [1.165, 1.54) is 6.26 Å². The third kappa shape index (κ3) is 3.79. The van der Waals surface area contributed by atoms with Crippen LogP contribution in [0.3, 0.4) is 0 Å². The quantitative estimate of drug-likeness (QED) is 0.405. The van der Waals surface area contributed by atoms with E-state index in [9.17, 15) is 13.2 Å². The average molecular weight is 455 g/mol. The van der Waals surface area contributed by atoms with Gasteiger partial charge < -0.3 is 10.3 Å². The number of benzene rings is 4. The lowest BCUT2D eigenvalue weighted by Crippen LogP contribution is -2.11. The van der Waals surface area contributed by atoms with Gasteiger partial charge in [0.2, 0.25) is 5.91 Å². The Kier molecular flexibility index (Phi) is 5.02. The number of hydrogen-bond donors (Lipinski definition) is 1. The van der Waals surface area contributed by atoms with Crippen LogP contribution in [0.25, 0.3) is 32.9 Å². The second-order valence-corrected chi connectivity index (χ2v) is 10.2. The SMILES string of the molecule is CS(=O)(=O)c1ccc(Cn2c3cc(-c4ccccc4)ccc3c3c(C(N)=O)cccc32)cc1. The zero-order chi connectivity index (χ0) is 23.2. The fourth-order valence-electron chi connectivity index (χ4n) is 4.35. The summed E-state index contributed by atoms with van der Waals surface area (Å²) in [4.78, 5) is 12.5. The number of nitrogens with two attached hydrogens (primary N) is 1. The maximum absolute atomic E-state index is 12.2. The first-order chi connectivity index (χ1) is 15.8. The summed E-state index contributed by atoms with van der Waals surface area (Å²) in [5.74, 6) is -0.468. The molecule has 33 heavy (non-hydrogen) atoms. The van der Waals surface area contributed by atoms with E-state index in [4.69, 9.17) is 5.73 Å². The molecule has 0 fully saturated rings. The Bertz CT molecular complexity index is 1620. The molecule has 0 radical (unpaired) electrons. The largest absolute Gasteiger partial charge is 0.366 e. The van der Waals surface area contributed by atoms with E-state index >= 15 is 0 Å². The molecule has 0 atom stereocenters. The van der Waals surface area contributed by atoms with Crippen molar-refractivity contribution in [1.82, 2.24) is 4.57 Å². The number of nitrogens with zero attached hydrogens (tertiary/aromatic N) is 1. The number of amides is 1. The molecule has 5 rings (SSSR count). The molecule has 0 aliphatic rings. The molecular formula is C27H22N2O3S. The van der Waals surface area contributed by atoms with Crippen molar-refractivity contribution in [3.63, 3.8) is 0 Å². The molecule has 1 amide bonds. The minimum atomic E-state index is -3.26. The van der Waals surface area contributed by atoms with Crippen LogP contribution in [0, 0.1) is 0 Å². The highest BCUT2D eigenvalue weighted by Crippen LogP contribution is 2.35. The van der Waals surface area contributed by atoms with Gasteiger partial charge in [0, 0.05) is 29.1 Å². The number of carbonyl (C=O) groups excluding carboxylic acids is 1. The monoisotopic (exact) mass is 454 g/mol. The van der Waals surface area contributed by atoms with Crippen molar-refractivity contribution < 1.29 is 13.2 Å². The van der Waals surface area contributed by atoms with E-state index in [1.807, 2.05) is 48.5 Å². The third-order valence-corrected chi connectivity index (χ3v) is 7.08. The molecule has 0 aliphatic carbocycles. The Labute approximate surface area is 192 Å². The summed E-state index contributed by atoms with van der Waals surface area (Å²) < 4.78 is 25.8. The molecule has 1 aromatic heterocycles. The van der Waals surface area contributed by atoms with Crippen molar-refractivity contribution in [2.24, 2.45) is 5.73 Å². The molecule has 1 heterocycles. The lowest BCUT2D eigenvalue weighted by Gasteiger charge is -2.10. The van der Waals surface area contributed by atoms with E-state index in [1.54, 1.807) is 18.2 Å². The molecule has 0 bridgehead atoms. The molecule has 0 aliphatic heterocycles. The minimum absolute atomic E-state index is 0.288. The number of carbonyl (C=O) groups is 1. The third-order valence-electron chi connectivity index (χ3n) is 5.96. The number of fused-ring (bicyclic) bond motifs is 3. The van der Waals surface area contributed by atoms with Crippen molar-refractivity contribution in [3.05, 3.63) is 102 Å². The van der Waals surface area contributed by atoms with Gasteiger partial charge in [-0.1, -0.05) is 60.7 Å². The molecular weight excluding hydrogens is 432 g/mol. The van der Waals surface area contributed by atoms with Crippen molar-refractivity contribution >= 4 is 37.6 Å². The van der Waals surface area contributed by atoms with Crippen LogP contribution < -0.4 is 5.73 Å². The highest BCUT2D eigenvalue weighted by molar-refractivity contribution is 7.90. The van der Waals surface area contributed by atoms with Crippen LogP contribution in [0.5, 0.6) is 0 Å². The second kappa shape index (κ2) is 7.90. The molecule has 0 saturated heterocycles. The van der Waals surface area contributed by atoms with Gasteiger partial charge >= 0.3 is 0 Å². The summed E-state index contributed by atoms with van der Waals surface area (Å²) in [5, 5.41) is 1.78. The van der Waals surface area contributed by atoms with E-state index in [-0.39, 0.29) is 4.90 Å². The zero-order valence-corrected chi connectivity index (χ0v) is 18.8. The summed E-state index contributed by atoms with van der Waals surface area (Å²) in [5.41, 5.74) is 11.2. The number of primary amides is 1. The Hall–Kier alpha value is -3.90. The van der Waals surface area contributed by atoms with Crippen molar-refractivity contribution in [2.75, 3.05) is 6.26 Å². The normalized spacial score (nSPS) is 11.8. The molecule has 4 aromatic carbocycles. The minimum Gasteiger partial charge on any atom is -0.366 e. The van der Waals surface area contributed by atoms with Crippen LogP contribution in [-0.2, 0) is 16.4 Å². The molecule has 0 saturated carbocycles. The van der Waals surface area contributed by atoms with E-state index in [2.05, 4.69) is 28.8 Å². The van der Waals surface area contributed by atoms with Gasteiger partial charge in [-0.25, -0.2) is 8.42 Å². The Morgan fingerprint density at radius 2 is 1.55 bits per heavy atom. The molecule has 2 N–H and O–H groups in total. The van der Waals surface area contributed by atoms with Crippen LogP contribution in [0.4, 0.5) is 0 Å². The van der Waals surface area contributed by atoms with Gasteiger partial charge in [0.05, 0.1) is 15.9 Å². The first-order valence-corrected chi connectivity index (χ1v) is 12.4. The maximum atomic E-state index is 12.2. The summed E-state index contributed by atoms with van der Waals surface area (Å²) in [6.07, 6.45) is 1.20. The van der Waals surface area contributed by atoms with Gasteiger partial charge in [-0.3, -0.25) is 4.79 Å². The molecule has 0 spiro atoms.